The summed E-state index contributed by atoms with van der Waals surface area (Å²) in [5.41, 5.74) is 10.6. The zero-order valence-corrected chi connectivity index (χ0v) is 17.8. The highest BCUT2D eigenvalue weighted by molar-refractivity contribution is 5.94. The second-order valence-corrected chi connectivity index (χ2v) is 8.82. The van der Waals surface area contributed by atoms with E-state index in [0.29, 0.717) is 17.5 Å². The Hall–Kier alpha value is -3.41. The number of nitrogens with two attached hydrogens (primary N) is 1. The fourth-order valence-electron chi connectivity index (χ4n) is 4.34. The van der Waals surface area contributed by atoms with Crippen LogP contribution in [0, 0.1) is 12.3 Å². The molecule has 1 saturated carbocycles. The molecule has 1 spiro atoms. The topological polar surface area (TPSA) is 84.1 Å². The second kappa shape index (κ2) is 7.69. The molecule has 2 aliphatic rings. The molecule has 3 aromatic rings. The maximum Gasteiger partial charge on any atom is 0.251 e. The lowest BCUT2D eigenvalue weighted by molar-refractivity contribution is 0.0950. The van der Waals surface area contributed by atoms with Crippen LogP contribution in [-0.4, -0.2) is 29.0 Å². The van der Waals surface area contributed by atoms with Gasteiger partial charge in [0.05, 0.1) is 12.2 Å². The van der Waals surface area contributed by atoms with Gasteiger partial charge in [-0.25, -0.2) is 9.97 Å². The average molecular weight is 414 g/mol. The molecular weight excluding hydrogens is 386 g/mol. The summed E-state index contributed by atoms with van der Waals surface area (Å²) >= 11 is 0. The Labute approximate surface area is 182 Å². The van der Waals surface area contributed by atoms with Gasteiger partial charge >= 0.3 is 0 Å². The Bertz CT molecular complexity index is 1100. The van der Waals surface area contributed by atoms with Gasteiger partial charge in [-0.1, -0.05) is 24.3 Å². The number of nitrogen functional groups attached to an aromatic ring is 1. The molecule has 0 bridgehead atoms. The van der Waals surface area contributed by atoms with E-state index >= 15 is 0 Å². The monoisotopic (exact) mass is 413 g/mol. The first-order chi connectivity index (χ1) is 15.0. The Kier molecular flexibility index (Phi) is 4.85. The van der Waals surface area contributed by atoms with E-state index in [0.717, 1.165) is 47.2 Å². The summed E-state index contributed by atoms with van der Waals surface area (Å²) in [6.45, 7) is 4.44. The molecule has 6 heteroatoms. The molecule has 6 nitrogen and oxygen atoms in total. The minimum absolute atomic E-state index is 0.111. The number of amides is 1. The van der Waals surface area contributed by atoms with Crippen molar-refractivity contribution in [2.75, 3.05) is 23.7 Å². The van der Waals surface area contributed by atoms with Crippen LogP contribution in [0.5, 0.6) is 0 Å². The van der Waals surface area contributed by atoms with Crippen molar-refractivity contribution in [3.8, 4) is 11.1 Å². The smallest absolute Gasteiger partial charge is 0.251 e. The zero-order valence-electron chi connectivity index (χ0n) is 17.8. The lowest BCUT2D eigenvalue weighted by Gasteiger charge is -2.18. The zero-order chi connectivity index (χ0) is 21.4. The van der Waals surface area contributed by atoms with Crippen LogP contribution in [-0.2, 0) is 6.54 Å². The van der Waals surface area contributed by atoms with Crippen molar-refractivity contribution in [1.29, 1.82) is 0 Å². The van der Waals surface area contributed by atoms with Crippen molar-refractivity contribution in [2.24, 2.45) is 5.41 Å². The molecule has 0 atom stereocenters. The predicted molar refractivity (Wildman–Crippen MR) is 123 cm³/mol. The number of nitrogens with zero attached hydrogens (tertiary/aromatic N) is 3. The van der Waals surface area contributed by atoms with Crippen LogP contribution in [0.25, 0.3) is 11.1 Å². The molecule has 1 aliphatic heterocycles. The molecule has 5 rings (SSSR count). The van der Waals surface area contributed by atoms with E-state index in [9.17, 15) is 4.79 Å². The molecule has 2 fully saturated rings. The number of anilines is 2. The largest absolute Gasteiger partial charge is 0.399 e. The number of hydrogen-bond donors (Lipinski definition) is 2. The van der Waals surface area contributed by atoms with Gasteiger partial charge in [-0.05, 0) is 67.0 Å². The highest BCUT2D eigenvalue weighted by Crippen LogP contribution is 2.53. The summed E-state index contributed by atoms with van der Waals surface area (Å²) < 4.78 is 0. The standard InChI is InChI=1S/C25H27N5O/c1-17-28-22(14-23(29-17)30-13-12-25(16-30)10-11-25)15-27-24(31)20-4-2-18(3-5-20)19-6-8-21(26)9-7-19/h2-9,14H,10-13,15-16,26H2,1H3,(H,27,31). The van der Waals surface area contributed by atoms with Crippen LogP contribution in [0.3, 0.4) is 0 Å². The third kappa shape index (κ3) is 4.24. The summed E-state index contributed by atoms with van der Waals surface area (Å²) in [6.07, 6.45) is 3.94. The maximum absolute atomic E-state index is 12.6. The molecule has 2 heterocycles. The van der Waals surface area contributed by atoms with Crippen LogP contribution >= 0.6 is 0 Å². The molecule has 2 aromatic carbocycles. The van der Waals surface area contributed by atoms with Crippen molar-refractivity contribution in [3.63, 3.8) is 0 Å². The predicted octanol–water partition coefficient (Wildman–Crippen LogP) is 3.95. The Morgan fingerprint density at radius 3 is 2.35 bits per heavy atom. The van der Waals surface area contributed by atoms with Crippen LogP contribution in [0.1, 0.15) is 41.1 Å². The molecule has 1 aliphatic carbocycles. The normalized spacial score (nSPS) is 16.5. The van der Waals surface area contributed by atoms with Crippen LogP contribution < -0.4 is 16.0 Å². The van der Waals surface area contributed by atoms with Crippen molar-refractivity contribution >= 4 is 17.4 Å². The molecule has 3 N–H and O–H groups in total. The van der Waals surface area contributed by atoms with Gasteiger partial charge < -0.3 is 16.0 Å². The van der Waals surface area contributed by atoms with E-state index in [4.69, 9.17) is 5.73 Å². The van der Waals surface area contributed by atoms with Crippen molar-refractivity contribution in [3.05, 3.63) is 71.7 Å². The lowest BCUT2D eigenvalue weighted by atomic mass is 10.0. The summed E-state index contributed by atoms with van der Waals surface area (Å²) in [7, 11) is 0. The number of aryl methyl sites for hydroxylation is 1. The third-order valence-corrected chi connectivity index (χ3v) is 6.42. The van der Waals surface area contributed by atoms with Gasteiger partial charge in [-0.15, -0.1) is 0 Å². The van der Waals surface area contributed by atoms with Crippen molar-refractivity contribution < 1.29 is 4.79 Å². The molecule has 31 heavy (non-hydrogen) atoms. The minimum Gasteiger partial charge on any atom is -0.399 e. The van der Waals surface area contributed by atoms with Gasteiger partial charge in [0, 0.05) is 30.4 Å². The second-order valence-electron chi connectivity index (χ2n) is 8.82. The first kappa shape index (κ1) is 19.5. The van der Waals surface area contributed by atoms with Gasteiger partial charge in [0.2, 0.25) is 0 Å². The van der Waals surface area contributed by atoms with Crippen molar-refractivity contribution in [2.45, 2.75) is 32.7 Å². The molecule has 0 radical (unpaired) electrons. The average Bonchev–Trinajstić information content (AvgIpc) is 3.40. The van der Waals surface area contributed by atoms with E-state index in [1.807, 2.05) is 61.5 Å². The molecule has 1 saturated heterocycles. The van der Waals surface area contributed by atoms with Crippen LogP contribution in [0.2, 0.25) is 0 Å². The van der Waals surface area contributed by atoms with Gasteiger partial charge in [0.25, 0.3) is 5.91 Å². The fraction of sp³-hybridized carbons (Fsp3) is 0.320. The number of carbonyl (C=O) groups excluding carboxylic acids is 1. The van der Waals surface area contributed by atoms with Crippen LogP contribution in [0.4, 0.5) is 11.5 Å². The SMILES string of the molecule is Cc1nc(CNC(=O)c2ccc(-c3ccc(N)cc3)cc2)cc(N2CCC3(CC3)C2)n1. The highest BCUT2D eigenvalue weighted by Gasteiger charge is 2.48. The third-order valence-electron chi connectivity index (χ3n) is 6.42. The quantitative estimate of drug-likeness (QED) is 0.619. The molecule has 0 unspecified atom stereocenters. The first-order valence-electron chi connectivity index (χ1n) is 10.8. The highest BCUT2D eigenvalue weighted by atomic mass is 16.1. The van der Waals surface area contributed by atoms with Crippen molar-refractivity contribution in [1.82, 2.24) is 15.3 Å². The lowest BCUT2D eigenvalue weighted by Crippen LogP contribution is -2.25. The Morgan fingerprint density at radius 1 is 1.03 bits per heavy atom. The first-order valence-corrected chi connectivity index (χ1v) is 10.8. The van der Waals surface area contributed by atoms with Crippen LogP contribution in [0.15, 0.2) is 54.6 Å². The molecular formula is C25H27N5O. The number of carbonyl (C=O) groups is 1. The van der Waals surface area contributed by atoms with E-state index in [2.05, 4.69) is 20.2 Å². The molecule has 158 valence electrons. The number of nitrogens with one attached hydrogen (secondary N) is 1. The number of rotatable bonds is 5. The summed E-state index contributed by atoms with van der Waals surface area (Å²) in [6, 6.07) is 17.3. The number of benzene rings is 2. The number of aromatic nitrogens is 2. The summed E-state index contributed by atoms with van der Waals surface area (Å²) in [5, 5.41) is 2.99. The molecule has 1 amide bonds. The van der Waals surface area contributed by atoms with E-state index < -0.39 is 0 Å². The van der Waals surface area contributed by atoms with Gasteiger partial charge in [0.15, 0.2) is 0 Å². The Balaban J connectivity index is 1.23. The number of hydrogen-bond acceptors (Lipinski definition) is 5. The van der Waals surface area contributed by atoms with E-state index in [1.165, 1.54) is 19.3 Å². The fourth-order valence-corrected chi connectivity index (χ4v) is 4.34. The van der Waals surface area contributed by atoms with Gasteiger partial charge in [0.1, 0.15) is 11.6 Å². The summed E-state index contributed by atoms with van der Waals surface area (Å²) in [5.74, 6) is 1.61. The summed E-state index contributed by atoms with van der Waals surface area (Å²) in [4.78, 5) is 24.2. The van der Waals surface area contributed by atoms with E-state index in [-0.39, 0.29) is 5.91 Å². The van der Waals surface area contributed by atoms with Gasteiger partial charge in [-0.3, -0.25) is 4.79 Å². The van der Waals surface area contributed by atoms with E-state index in [1.54, 1.807) is 0 Å². The van der Waals surface area contributed by atoms with Gasteiger partial charge in [-0.2, -0.15) is 0 Å². The molecule has 1 aromatic heterocycles. The minimum atomic E-state index is -0.111. The Morgan fingerprint density at radius 2 is 1.71 bits per heavy atom. The maximum atomic E-state index is 12.6.